The van der Waals surface area contributed by atoms with Gasteiger partial charge in [0.2, 0.25) is 5.91 Å². The second-order valence-electron chi connectivity index (χ2n) is 7.16. The van der Waals surface area contributed by atoms with Crippen molar-refractivity contribution in [3.63, 3.8) is 0 Å². The molecule has 0 unspecified atom stereocenters. The van der Waals surface area contributed by atoms with Crippen molar-refractivity contribution in [1.29, 1.82) is 0 Å². The summed E-state index contributed by atoms with van der Waals surface area (Å²) in [6.45, 7) is 5.32. The van der Waals surface area contributed by atoms with Gasteiger partial charge in [0.25, 0.3) is 0 Å². The summed E-state index contributed by atoms with van der Waals surface area (Å²) in [5, 5.41) is 1.03. The van der Waals surface area contributed by atoms with Crippen LogP contribution in [0, 0.1) is 0 Å². The van der Waals surface area contributed by atoms with Crippen molar-refractivity contribution in [1.82, 2.24) is 9.13 Å². The number of carbonyl (C=O) groups is 1. The van der Waals surface area contributed by atoms with Crippen molar-refractivity contribution in [2.45, 2.75) is 6.92 Å². The third-order valence-electron chi connectivity index (χ3n) is 5.24. The minimum Gasteiger partial charge on any atom is -0.396 e. The Hall–Kier alpha value is -4.06. The van der Waals surface area contributed by atoms with E-state index in [1.54, 1.807) is 55.6 Å². The van der Waals surface area contributed by atoms with E-state index in [9.17, 15) is 9.59 Å². The zero-order chi connectivity index (χ0) is 23.0. The molecule has 1 aliphatic heterocycles. The zero-order valence-electron chi connectivity index (χ0n) is 17.5. The van der Waals surface area contributed by atoms with Crippen molar-refractivity contribution in [2.75, 3.05) is 11.9 Å². The molecule has 1 amide bonds. The van der Waals surface area contributed by atoms with Crippen molar-refractivity contribution >= 4 is 28.9 Å². The Labute approximate surface area is 189 Å². The van der Waals surface area contributed by atoms with Gasteiger partial charge < -0.3 is 10.6 Å². The molecule has 7 nitrogen and oxygen atoms in total. The lowest BCUT2D eigenvalue weighted by atomic mass is 10.2. The third-order valence-corrected chi connectivity index (χ3v) is 5.49. The van der Waals surface area contributed by atoms with Gasteiger partial charge in [-0.3, -0.25) is 9.36 Å². The SMILES string of the molecule is C=CC(=O)N(C)c1ccc(-n2c3c(n(-c4ccc(Cl)cc4)c2=O)=C(N)C(C)=C=CN=3)cc1. The maximum atomic E-state index is 13.6. The molecule has 1 aliphatic rings. The van der Waals surface area contributed by atoms with E-state index in [4.69, 9.17) is 17.3 Å². The lowest BCUT2D eigenvalue weighted by molar-refractivity contribution is -0.113. The van der Waals surface area contributed by atoms with Gasteiger partial charge in [0, 0.05) is 23.3 Å². The standard InChI is InChI=1S/C24H20ClN5O2/c1-4-20(31)28(3)17-9-11-19(12-10-17)30-23-22(21(26)15(2)13-14-27-23)29(24(30)32)18-7-5-16(25)6-8-18/h4-12,14H,1,26H2,2-3H3. The number of hydrogen-bond acceptors (Lipinski definition) is 4. The zero-order valence-corrected chi connectivity index (χ0v) is 18.3. The summed E-state index contributed by atoms with van der Waals surface area (Å²) in [5.74, 6) is -0.235. The number of hydrogen-bond donors (Lipinski definition) is 1. The highest BCUT2D eigenvalue weighted by atomic mass is 35.5. The largest absolute Gasteiger partial charge is 0.396 e. The molecule has 0 aliphatic carbocycles. The Bertz CT molecular complexity index is 1490. The topological polar surface area (TPSA) is 85.6 Å². The van der Waals surface area contributed by atoms with E-state index in [2.05, 4.69) is 17.3 Å². The fourth-order valence-electron chi connectivity index (χ4n) is 3.45. The Balaban J connectivity index is 2.00. The predicted octanol–water partition coefficient (Wildman–Crippen LogP) is 2.19. The molecular weight excluding hydrogens is 426 g/mol. The molecule has 1 aromatic heterocycles. The average molecular weight is 446 g/mol. The Morgan fingerprint density at radius 3 is 2.34 bits per heavy atom. The molecule has 0 spiro atoms. The maximum absolute atomic E-state index is 13.6. The van der Waals surface area contributed by atoms with Crippen LogP contribution in [0.25, 0.3) is 17.1 Å². The quantitative estimate of drug-likeness (QED) is 0.493. The smallest absolute Gasteiger partial charge is 0.339 e. The van der Waals surface area contributed by atoms with E-state index in [-0.39, 0.29) is 11.6 Å². The first kappa shape index (κ1) is 21.2. The molecule has 4 rings (SSSR count). The van der Waals surface area contributed by atoms with Crippen LogP contribution in [0.3, 0.4) is 0 Å². The molecular formula is C24H20ClN5O2. The molecule has 32 heavy (non-hydrogen) atoms. The molecule has 3 aromatic rings. The van der Waals surface area contributed by atoms with Gasteiger partial charge in [-0.1, -0.05) is 23.9 Å². The van der Waals surface area contributed by atoms with Gasteiger partial charge in [0.15, 0.2) is 5.49 Å². The van der Waals surface area contributed by atoms with E-state index in [1.807, 2.05) is 6.92 Å². The summed E-state index contributed by atoms with van der Waals surface area (Å²) >= 11 is 6.04. The second kappa shape index (κ2) is 8.23. The number of nitrogens with two attached hydrogens (primary N) is 1. The highest BCUT2D eigenvalue weighted by Gasteiger charge is 2.18. The fourth-order valence-corrected chi connectivity index (χ4v) is 3.58. The number of anilines is 1. The number of amides is 1. The van der Waals surface area contributed by atoms with Crippen LogP contribution in [0.1, 0.15) is 6.92 Å². The Morgan fingerprint density at radius 1 is 1.12 bits per heavy atom. The predicted molar refractivity (Wildman–Crippen MR) is 126 cm³/mol. The van der Waals surface area contributed by atoms with Crippen molar-refractivity contribution < 1.29 is 4.79 Å². The Kier molecular flexibility index (Phi) is 5.45. The molecule has 0 atom stereocenters. The van der Waals surface area contributed by atoms with Gasteiger partial charge in [0.1, 0.15) is 5.35 Å². The average Bonchev–Trinajstić information content (AvgIpc) is 3.01. The number of aromatic nitrogens is 2. The summed E-state index contributed by atoms with van der Waals surface area (Å²) in [4.78, 5) is 31.5. The first-order valence-electron chi connectivity index (χ1n) is 9.73. The highest BCUT2D eigenvalue weighted by molar-refractivity contribution is 6.30. The normalized spacial score (nSPS) is 12.5. The lowest BCUT2D eigenvalue weighted by Crippen LogP contribution is -2.36. The van der Waals surface area contributed by atoms with E-state index < -0.39 is 0 Å². The molecule has 2 heterocycles. The summed E-state index contributed by atoms with van der Waals surface area (Å²) in [7, 11) is 1.65. The van der Waals surface area contributed by atoms with Crippen LogP contribution in [-0.2, 0) is 4.79 Å². The molecule has 0 radical (unpaired) electrons. The van der Waals surface area contributed by atoms with Crippen molar-refractivity contribution in [2.24, 2.45) is 10.7 Å². The van der Waals surface area contributed by atoms with Crippen LogP contribution in [0.15, 0.2) is 88.5 Å². The first-order valence-corrected chi connectivity index (χ1v) is 10.1. The van der Waals surface area contributed by atoms with E-state index in [0.717, 1.165) is 0 Å². The monoisotopic (exact) mass is 445 g/mol. The summed E-state index contributed by atoms with van der Waals surface area (Å²) in [6, 6.07) is 13.9. The van der Waals surface area contributed by atoms with E-state index in [0.29, 0.717) is 44.2 Å². The minimum absolute atomic E-state index is 0.235. The van der Waals surface area contributed by atoms with Gasteiger partial charge in [-0.15, -0.1) is 0 Å². The fraction of sp³-hybridized carbons (Fsp3) is 0.0833. The maximum Gasteiger partial charge on any atom is 0.339 e. The molecule has 0 fully saturated rings. The number of carbonyl (C=O) groups excluding carboxylic acids is 1. The van der Waals surface area contributed by atoms with Crippen LogP contribution >= 0.6 is 11.6 Å². The number of imidazole rings is 1. The van der Waals surface area contributed by atoms with Gasteiger partial charge in [-0.05, 0) is 61.5 Å². The number of likely N-dealkylation sites (N-methyl/N-ethyl adjacent to an activating group) is 1. The number of fused-ring (bicyclic) bond motifs is 1. The molecule has 2 aromatic carbocycles. The van der Waals surface area contributed by atoms with Gasteiger partial charge in [-0.25, -0.2) is 14.4 Å². The van der Waals surface area contributed by atoms with E-state index >= 15 is 0 Å². The number of rotatable bonds is 4. The molecule has 0 saturated heterocycles. The van der Waals surface area contributed by atoms with Crippen LogP contribution in [0.5, 0.6) is 0 Å². The molecule has 0 bridgehead atoms. The molecule has 160 valence electrons. The van der Waals surface area contributed by atoms with Gasteiger partial charge in [0.05, 0.1) is 23.3 Å². The number of benzene rings is 2. The van der Waals surface area contributed by atoms with Crippen LogP contribution in [-0.4, -0.2) is 22.1 Å². The highest BCUT2D eigenvalue weighted by Crippen LogP contribution is 2.16. The first-order chi connectivity index (χ1) is 15.3. The summed E-state index contributed by atoms with van der Waals surface area (Å²) < 4.78 is 2.99. The van der Waals surface area contributed by atoms with Crippen LogP contribution < -0.4 is 27.2 Å². The summed E-state index contributed by atoms with van der Waals surface area (Å²) in [6.07, 6.45) is 2.74. The van der Waals surface area contributed by atoms with Gasteiger partial charge >= 0.3 is 5.69 Å². The lowest BCUT2D eigenvalue weighted by Gasteiger charge is -2.15. The molecule has 2 N–H and O–H groups in total. The number of nitrogens with zero attached hydrogens (tertiary/aromatic N) is 4. The molecule has 8 heteroatoms. The van der Waals surface area contributed by atoms with Crippen LogP contribution in [0.4, 0.5) is 5.69 Å². The Morgan fingerprint density at radius 2 is 1.72 bits per heavy atom. The van der Waals surface area contributed by atoms with Gasteiger partial charge in [-0.2, -0.15) is 0 Å². The molecule has 0 saturated carbocycles. The van der Waals surface area contributed by atoms with Crippen LogP contribution in [0.2, 0.25) is 5.02 Å². The van der Waals surface area contributed by atoms with Crippen molar-refractivity contribution in [3.8, 4) is 11.4 Å². The minimum atomic E-state index is -0.338. The third kappa shape index (κ3) is 3.50. The second-order valence-corrected chi connectivity index (χ2v) is 7.60. The number of halogens is 1. The summed E-state index contributed by atoms with van der Waals surface area (Å²) in [5.41, 5.74) is 12.4. The van der Waals surface area contributed by atoms with E-state index in [1.165, 1.54) is 26.3 Å². The van der Waals surface area contributed by atoms with Crippen molar-refractivity contribution in [3.05, 3.63) is 105 Å².